The van der Waals surface area contributed by atoms with Gasteiger partial charge in [-0.3, -0.25) is 0 Å². The first kappa shape index (κ1) is 10.4. The molecule has 3 rings (SSSR count). The summed E-state index contributed by atoms with van der Waals surface area (Å²) in [6, 6.07) is 8.94. The van der Waals surface area contributed by atoms with Crippen molar-refractivity contribution >= 4 is 10.9 Å². The molecule has 2 heteroatoms. The third-order valence-electron chi connectivity index (χ3n) is 3.77. The number of H-pyrrole nitrogens is 1. The number of fused-ring (bicyclic) bond motifs is 3. The van der Waals surface area contributed by atoms with Crippen LogP contribution in [0.4, 0.5) is 0 Å². The first-order chi connectivity index (χ1) is 8.29. The molecule has 1 aromatic carbocycles. The Hall–Kier alpha value is -1.75. The van der Waals surface area contributed by atoms with E-state index in [1.54, 1.807) is 0 Å². The molecule has 1 N–H and O–H groups in total. The van der Waals surface area contributed by atoms with Crippen LogP contribution >= 0.6 is 0 Å². The minimum atomic E-state index is 0.0557. The van der Waals surface area contributed by atoms with E-state index in [1.807, 2.05) is 0 Å². The van der Waals surface area contributed by atoms with E-state index in [4.69, 9.17) is 0 Å². The second-order valence-corrected chi connectivity index (χ2v) is 4.99. The van der Waals surface area contributed by atoms with Crippen molar-refractivity contribution in [2.45, 2.75) is 38.5 Å². The summed E-state index contributed by atoms with van der Waals surface area (Å²) in [7, 11) is 0. The predicted molar refractivity (Wildman–Crippen MR) is 68.9 cm³/mol. The van der Waals surface area contributed by atoms with Crippen molar-refractivity contribution in [1.82, 2.24) is 4.98 Å². The van der Waals surface area contributed by atoms with Crippen molar-refractivity contribution in [1.29, 1.82) is 5.26 Å². The fourth-order valence-electron chi connectivity index (χ4n) is 2.87. The zero-order valence-corrected chi connectivity index (χ0v) is 10.1. The van der Waals surface area contributed by atoms with Gasteiger partial charge in [0, 0.05) is 16.6 Å². The summed E-state index contributed by atoms with van der Waals surface area (Å²) in [5.74, 6) is 0.0557. The summed E-state index contributed by atoms with van der Waals surface area (Å²) in [6.07, 6.45) is 4.46. The Morgan fingerprint density at radius 3 is 3.06 bits per heavy atom. The highest BCUT2D eigenvalue weighted by Crippen LogP contribution is 2.34. The molecule has 0 unspecified atom stereocenters. The quantitative estimate of drug-likeness (QED) is 0.679. The molecule has 1 aromatic heterocycles. The molecule has 0 saturated carbocycles. The lowest BCUT2D eigenvalue weighted by Crippen LogP contribution is -1.96. The number of nitriles is 1. The highest BCUT2D eigenvalue weighted by atomic mass is 14.7. The second kappa shape index (κ2) is 3.92. The van der Waals surface area contributed by atoms with Gasteiger partial charge >= 0.3 is 0 Å². The Morgan fingerprint density at radius 1 is 1.35 bits per heavy atom. The standard InChI is InChI=1S/C15H16N2/c1-10-6-7-14-13(8-10)12-5-3-2-4-11(9-16)15(12)17-14/h6-8,11,17H,2-5H2,1H3/t11-/m0/s1. The van der Waals surface area contributed by atoms with Crippen LogP contribution in [0.3, 0.4) is 0 Å². The van der Waals surface area contributed by atoms with Gasteiger partial charge in [0.1, 0.15) is 0 Å². The molecule has 0 saturated heterocycles. The van der Waals surface area contributed by atoms with Gasteiger partial charge in [0.2, 0.25) is 0 Å². The van der Waals surface area contributed by atoms with Gasteiger partial charge in [-0.25, -0.2) is 0 Å². The molecule has 17 heavy (non-hydrogen) atoms. The lowest BCUT2D eigenvalue weighted by atomic mass is 10.00. The maximum Gasteiger partial charge on any atom is 0.0865 e. The minimum absolute atomic E-state index is 0.0557. The van der Waals surface area contributed by atoms with Gasteiger partial charge in [0.25, 0.3) is 0 Å². The van der Waals surface area contributed by atoms with E-state index in [0.29, 0.717) is 0 Å². The number of aryl methyl sites for hydroxylation is 2. The number of aromatic nitrogens is 1. The maximum atomic E-state index is 9.27. The fourth-order valence-corrected chi connectivity index (χ4v) is 2.87. The molecule has 1 heterocycles. The molecule has 0 radical (unpaired) electrons. The Labute approximate surface area is 101 Å². The lowest BCUT2D eigenvalue weighted by Gasteiger charge is -2.04. The van der Waals surface area contributed by atoms with Crippen molar-refractivity contribution in [2.24, 2.45) is 0 Å². The monoisotopic (exact) mass is 224 g/mol. The van der Waals surface area contributed by atoms with Crippen LogP contribution in [0.25, 0.3) is 10.9 Å². The number of hydrogen-bond acceptors (Lipinski definition) is 1. The van der Waals surface area contributed by atoms with Gasteiger partial charge in [-0.1, -0.05) is 18.1 Å². The van der Waals surface area contributed by atoms with Gasteiger partial charge in [-0.15, -0.1) is 0 Å². The molecule has 86 valence electrons. The number of hydrogen-bond donors (Lipinski definition) is 1. The zero-order chi connectivity index (χ0) is 11.8. The molecule has 2 aromatic rings. The maximum absolute atomic E-state index is 9.27. The van der Waals surface area contributed by atoms with Gasteiger partial charge in [0.15, 0.2) is 0 Å². The summed E-state index contributed by atoms with van der Waals surface area (Å²) in [5.41, 5.74) is 5.03. The van der Waals surface area contributed by atoms with Crippen LogP contribution in [0.1, 0.15) is 42.0 Å². The van der Waals surface area contributed by atoms with Crippen molar-refractivity contribution in [3.63, 3.8) is 0 Å². The van der Waals surface area contributed by atoms with Crippen molar-refractivity contribution in [3.05, 3.63) is 35.0 Å². The Morgan fingerprint density at radius 2 is 2.24 bits per heavy atom. The highest BCUT2D eigenvalue weighted by Gasteiger charge is 2.22. The molecular weight excluding hydrogens is 208 g/mol. The van der Waals surface area contributed by atoms with Crippen molar-refractivity contribution in [2.75, 3.05) is 0 Å². The normalized spacial score (nSPS) is 19.6. The van der Waals surface area contributed by atoms with Crippen LogP contribution in [0.5, 0.6) is 0 Å². The Balaban J connectivity index is 2.26. The average Bonchev–Trinajstić information content (AvgIpc) is 2.56. The average molecular weight is 224 g/mol. The third kappa shape index (κ3) is 1.63. The molecule has 0 spiro atoms. The van der Waals surface area contributed by atoms with E-state index in [9.17, 15) is 5.26 Å². The van der Waals surface area contributed by atoms with E-state index >= 15 is 0 Å². The molecule has 1 atom stereocenters. The Kier molecular flexibility index (Phi) is 2.40. The van der Waals surface area contributed by atoms with E-state index in [2.05, 4.69) is 36.2 Å². The van der Waals surface area contributed by atoms with E-state index in [0.717, 1.165) is 19.3 Å². The SMILES string of the molecule is Cc1ccc2[nH]c3c(c2c1)CCCC[C@H]3C#N. The van der Waals surface area contributed by atoms with Crippen LogP contribution in [0.2, 0.25) is 0 Å². The first-order valence-electron chi connectivity index (χ1n) is 6.30. The third-order valence-corrected chi connectivity index (χ3v) is 3.77. The van der Waals surface area contributed by atoms with Crippen LogP contribution in [0.15, 0.2) is 18.2 Å². The Bertz CT molecular complexity index is 601. The highest BCUT2D eigenvalue weighted by molar-refractivity contribution is 5.85. The van der Waals surface area contributed by atoms with Crippen molar-refractivity contribution < 1.29 is 0 Å². The topological polar surface area (TPSA) is 39.6 Å². The summed E-state index contributed by atoms with van der Waals surface area (Å²) in [5, 5.41) is 10.6. The summed E-state index contributed by atoms with van der Waals surface area (Å²) in [4.78, 5) is 3.46. The predicted octanol–water partition coefficient (Wildman–Crippen LogP) is 3.81. The van der Waals surface area contributed by atoms with Gasteiger partial charge in [-0.05, 0) is 43.9 Å². The summed E-state index contributed by atoms with van der Waals surface area (Å²) >= 11 is 0. The van der Waals surface area contributed by atoms with Gasteiger partial charge in [0.05, 0.1) is 12.0 Å². The van der Waals surface area contributed by atoms with E-state index < -0.39 is 0 Å². The van der Waals surface area contributed by atoms with Crippen LogP contribution in [-0.2, 0) is 6.42 Å². The van der Waals surface area contributed by atoms with Crippen molar-refractivity contribution in [3.8, 4) is 6.07 Å². The fraction of sp³-hybridized carbons (Fsp3) is 0.400. The first-order valence-corrected chi connectivity index (χ1v) is 6.30. The van der Waals surface area contributed by atoms with E-state index in [1.165, 1.54) is 34.1 Å². The molecule has 0 bridgehead atoms. The van der Waals surface area contributed by atoms with Crippen LogP contribution in [-0.4, -0.2) is 4.98 Å². The van der Waals surface area contributed by atoms with Crippen LogP contribution in [0, 0.1) is 18.3 Å². The molecule has 2 nitrogen and oxygen atoms in total. The smallest absolute Gasteiger partial charge is 0.0865 e. The molecule has 0 aliphatic heterocycles. The molecule has 0 amide bonds. The summed E-state index contributed by atoms with van der Waals surface area (Å²) < 4.78 is 0. The zero-order valence-electron chi connectivity index (χ0n) is 10.1. The van der Waals surface area contributed by atoms with Gasteiger partial charge in [-0.2, -0.15) is 5.26 Å². The molecule has 1 aliphatic carbocycles. The number of nitrogens with one attached hydrogen (secondary N) is 1. The van der Waals surface area contributed by atoms with Crippen LogP contribution < -0.4 is 0 Å². The number of benzene rings is 1. The molecule has 0 fully saturated rings. The van der Waals surface area contributed by atoms with Gasteiger partial charge < -0.3 is 4.98 Å². The molecule has 1 aliphatic rings. The largest absolute Gasteiger partial charge is 0.357 e. The number of nitrogens with zero attached hydrogens (tertiary/aromatic N) is 1. The van der Waals surface area contributed by atoms with E-state index in [-0.39, 0.29) is 5.92 Å². The second-order valence-electron chi connectivity index (χ2n) is 4.99. The minimum Gasteiger partial charge on any atom is -0.357 e. The lowest BCUT2D eigenvalue weighted by molar-refractivity contribution is 0.670. The summed E-state index contributed by atoms with van der Waals surface area (Å²) in [6.45, 7) is 2.12. The number of rotatable bonds is 0. The molecular formula is C15H16N2. The number of aromatic amines is 1.